The maximum absolute atomic E-state index is 13.9. The fraction of sp³-hybridized carbons (Fsp3) is 0.250. The van der Waals surface area contributed by atoms with Gasteiger partial charge in [0.2, 0.25) is 0 Å². The van der Waals surface area contributed by atoms with Crippen molar-refractivity contribution in [3.63, 3.8) is 0 Å². The summed E-state index contributed by atoms with van der Waals surface area (Å²) in [4.78, 5) is 0. The lowest BCUT2D eigenvalue weighted by molar-refractivity contribution is 0.610. The lowest BCUT2D eigenvalue weighted by atomic mass is 10.2. The van der Waals surface area contributed by atoms with Gasteiger partial charge in [0.1, 0.15) is 16.7 Å². The molecule has 0 saturated heterocycles. The van der Waals surface area contributed by atoms with Gasteiger partial charge >= 0.3 is 0 Å². The second kappa shape index (κ2) is 4.76. The number of aromatic nitrogens is 2. The summed E-state index contributed by atoms with van der Waals surface area (Å²) < 4.78 is 15.3. The van der Waals surface area contributed by atoms with Crippen LogP contribution < -0.4 is 0 Å². The first-order valence-corrected chi connectivity index (χ1v) is 7.37. The summed E-state index contributed by atoms with van der Waals surface area (Å²) in [7, 11) is 0. The molecule has 1 aliphatic heterocycles. The van der Waals surface area contributed by atoms with Crippen LogP contribution in [0, 0.1) is 5.82 Å². The summed E-state index contributed by atoms with van der Waals surface area (Å²) in [6, 6.07) is 4.49. The highest BCUT2D eigenvalue weighted by molar-refractivity contribution is 7.98. The lowest BCUT2D eigenvalue weighted by Crippen LogP contribution is -2.01. The highest BCUT2D eigenvalue weighted by atomic mass is 35.5. The summed E-state index contributed by atoms with van der Waals surface area (Å²) in [5.74, 6) is 1.45. The zero-order valence-electron chi connectivity index (χ0n) is 9.29. The molecule has 0 radical (unpaired) electrons. The maximum atomic E-state index is 13.9. The molecule has 94 valence electrons. The largest absolute Gasteiger partial charge is 0.219 e. The lowest BCUT2D eigenvalue weighted by Gasteiger charge is -2.08. The Hall–Kier alpha value is -0.710. The maximum Gasteiger partial charge on any atom is 0.150 e. The van der Waals surface area contributed by atoms with Crippen LogP contribution in [0.4, 0.5) is 4.39 Å². The molecular formula is C12H9Cl2FN2S. The first-order valence-electron chi connectivity index (χ1n) is 5.46. The van der Waals surface area contributed by atoms with E-state index >= 15 is 0 Å². The molecule has 1 aromatic heterocycles. The van der Waals surface area contributed by atoms with Crippen molar-refractivity contribution in [2.75, 3.05) is 5.75 Å². The molecule has 2 nitrogen and oxygen atoms in total. The molecule has 0 aliphatic carbocycles. The molecule has 1 aromatic carbocycles. The normalized spacial score (nSPS) is 14.6. The average molecular weight is 303 g/mol. The molecule has 1 aliphatic rings. The van der Waals surface area contributed by atoms with E-state index in [1.54, 1.807) is 12.1 Å². The molecule has 0 atom stereocenters. The fourth-order valence-electron chi connectivity index (χ4n) is 1.97. The summed E-state index contributed by atoms with van der Waals surface area (Å²) in [5.41, 5.74) is 2.32. The Morgan fingerprint density at radius 3 is 2.89 bits per heavy atom. The SMILES string of the molecule is Fc1cc(Cl)ccc1-n1nc2c(c1Cl)CSCC2. The van der Waals surface area contributed by atoms with E-state index in [0.29, 0.717) is 15.9 Å². The molecule has 3 rings (SSSR count). The molecule has 0 N–H and O–H groups in total. The first-order chi connectivity index (χ1) is 8.66. The molecule has 0 amide bonds. The van der Waals surface area contributed by atoms with Gasteiger partial charge in [-0.15, -0.1) is 0 Å². The number of hydrogen-bond donors (Lipinski definition) is 0. The molecule has 18 heavy (non-hydrogen) atoms. The Morgan fingerprint density at radius 2 is 2.17 bits per heavy atom. The second-order valence-corrected chi connectivity index (χ2v) is 5.93. The van der Waals surface area contributed by atoms with E-state index in [1.165, 1.54) is 10.7 Å². The minimum absolute atomic E-state index is 0.337. The van der Waals surface area contributed by atoms with Gasteiger partial charge in [-0.25, -0.2) is 9.07 Å². The van der Waals surface area contributed by atoms with Gasteiger partial charge in [-0.05, 0) is 24.0 Å². The van der Waals surface area contributed by atoms with Crippen molar-refractivity contribution in [1.29, 1.82) is 0 Å². The highest BCUT2D eigenvalue weighted by Gasteiger charge is 2.21. The van der Waals surface area contributed by atoms with Crippen LogP contribution in [-0.2, 0) is 12.2 Å². The van der Waals surface area contributed by atoms with Crippen LogP contribution in [0.25, 0.3) is 5.69 Å². The van der Waals surface area contributed by atoms with E-state index < -0.39 is 5.82 Å². The van der Waals surface area contributed by atoms with Crippen LogP contribution in [0.15, 0.2) is 18.2 Å². The number of thioether (sulfide) groups is 1. The topological polar surface area (TPSA) is 17.8 Å². The Kier molecular flexibility index (Phi) is 3.26. The van der Waals surface area contributed by atoms with Gasteiger partial charge in [0.15, 0.2) is 0 Å². The summed E-state index contributed by atoms with van der Waals surface area (Å²) in [5, 5.41) is 5.26. The monoisotopic (exact) mass is 302 g/mol. The van der Waals surface area contributed by atoms with Crippen molar-refractivity contribution < 1.29 is 4.39 Å². The van der Waals surface area contributed by atoms with Crippen LogP contribution in [-0.4, -0.2) is 15.5 Å². The van der Waals surface area contributed by atoms with Crippen LogP contribution in [0.3, 0.4) is 0 Å². The smallest absolute Gasteiger partial charge is 0.150 e. The van der Waals surface area contributed by atoms with Crippen molar-refractivity contribution >= 4 is 35.0 Å². The number of aryl methyl sites for hydroxylation is 1. The van der Waals surface area contributed by atoms with E-state index in [4.69, 9.17) is 23.2 Å². The highest BCUT2D eigenvalue weighted by Crippen LogP contribution is 2.32. The predicted molar refractivity (Wildman–Crippen MR) is 73.4 cm³/mol. The van der Waals surface area contributed by atoms with E-state index in [-0.39, 0.29) is 0 Å². The van der Waals surface area contributed by atoms with Gasteiger partial charge in [-0.2, -0.15) is 16.9 Å². The van der Waals surface area contributed by atoms with Gasteiger partial charge in [0, 0.05) is 22.8 Å². The van der Waals surface area contributed by atoms with Gasteiger partial charge in [-0.1, -0.05) is 23.2 Å². The van der Waals surface area contributed by atoms with Crippen molar-refractivity contribution in [3.8, 4) is 5.69 Å². The van der Waals surface area contributed by atoms with Crippen molar-refractivity contribution in [2.24, 2.45) is 0 Å². The third-order valence-corrected chi connectivity index (χ3v) is 4.48. The number of hydrogen-bond acceptors (Lipinski definition) is 2. The molecule has 2 aromatic rings. The molecule has 0 spiro atoms. The third kappa shape index (κ3) is 2.02. The van der Waals surface area contributed by atoms with Crippen molar-refractivity contribution in [3.05, 3.63) is 45.4 Å². The van der Waals surface area contributed by atoms with Crippen molar-refractivity contribution in [2.45, 2.75) is 12.2 Å². The van der Waals surface area contributed by atoms with Crippen LogP contribution in [0.2, 0.25) is 10.2 Å². The number of benzene rings is 1. The summed E-state index contributed by atoms with van der Waals surface area (Å²) >= 11 is 13.8. The molecule has 0 fully saturated rings. The predicted octanol–water partition coefficient (Wildman–Crippen LogP) is 4.11. The molecule has 0 bridgehead atoms. The van der Waals surface area contributed by atoms with Crippen molar-refractivity contribution in [1.82, 2.24) is 9.78 Å². The molecule has 0 saturated carbocycles. The number of rotatable bonds is 1. The number of fused-ring (bicyclic) bond motifs is 1. The Bertz CT molecular complexity index is 612. The number of nitrogens with zero attached hydrogens (tertiary/aromatic N) is 2. The van der Waals surface area contributed by atoms with E-state index in [0.717, 1.165) is 29.2 Å². The molecule has 2 heterocycles. The Balaban J connectivity index is 2.14. The summed E-state index contributed by atoms with van der Waals surface area (Å²) in [6.45, 7) is 0. The van der Waals surface area contributed by atoms with Gasteiger partial charge in [0.05, 0.1) is 5.69 Å². The minimum atomic E-state index is -0.420. The van der Waals surface area contributed by atoms with Gasteiger partial charge in [-0.3, -0.25) is 0 Å². The van der Waals surface area contributed by atoms with Gasteiger partial charge in [0.25, 0.3) is 0 Å². The standard InChI is InChI=1S/C12H9Cl2FN2S/c13-7-1-2-11(9(15)5-7)17-12(14)8-6-18-4-3-10(8)16-17/h1-2,5H,3-4,6H2. The zero-order chi connectivity index (χ0) is 12.7. The average Bonchev–Trinajstić information content (AvgIpc) is 2.68. The Labute approximate surface area is 118 Å². The van der Waals surface area contributed by atoms with Crippen LogP contribution in [0.5, 0.6) is 0 Å². The molecule has 0 unspecified atom stereocenters. The summed E-state index contributed by atoms with van der Waals surface area (Å²) in [6.07, 6.45) is 0.877. The fourth-order valence-corrected chi connectivity index (χ4v) is 3.50. The van der Waals surface area contributed by atoms with E-state index in [9.17, 15) is 4.39 Å². The molecular weight excluding hydrogens is 294 g/mol. The third-order valence-electron chi connectivity index (χ3n) is 2.87. The first kappa shape index (κ1) is 12.3. The van der Waals surface area contributed by atoms with Gasteiger partial charge < -0.3 is 0 Å². The molecule has 6 heteroatoms. The minimum Gasteiger partial charge on any atom is -0.219 e. The Morgan fingerprint density at radius 1 is 1.33 bits per heavy atom. The van der Waals surface area contributed by atoms with E-state index in [1.807, 2.05) is 11.8 Å². The van der Waals surface area contributed by atoms with Crippen LogP contribution >= 0.6 is 35.0 Å². The van der Waals surface area contributed by atoms with Crippen LogP contribution in [0.1, 0.15) is 11.3 Å². The number of halogens is 3. The second-order valence-electron chi connectivity index (χ2n) is 4.03. The zero-order valence-corrected chi connectivity index (χ0v) is 11.6. The van der Waals surface area contributed by atoms with E-state index in [2.05, 4.69) is 5.10 Å². The quantitative estimate of drug-likeness (QED) is 0.789.